The summed E-state index contributed by atoms with van der Waals surface area (Å²) in [5, 5.41) is 39.5. The molecule has 2 unspecified atom stereocenters. The van der Waals surface area contributed by atoms with E-state index >= 15 is 0 Å². The Morgan fingerprint density at radius 1 is 0.528 bits per heavy atom. The number of nitriles is 4. The second-order valence-corrected chi connectivity index (χ2v) is 16.0. The highest BCUT2D eigenvalue weighted by Crippen LogP contribution is 2.49. The predicted octanol–water partition coefficient (Wildman–Crippen LogP) is 15.6. The summed E-state index contributed by atoms with van der Waals surface area (Å²) in [4.78, 5) is 6.84. The molecule has 19 heteroatoms. The number of aryl methyl sites for hydroxylation is 2. The van der Waals surface area contributed by atoms with Crippen LogP contribution in [0.4, 0.5) is 26.3 Å². The summed E-state index contributed by atoms with van der Waals surface area (Å²) in [6.07, 6.45) is -7.12. The van der Waals surface area contributed by atoms with Crippen LogP contribution < -0.4 is 9.47 Å². The van der Waals surface area contributed by atoms with Gasteiger partial charge in [0.1, 0.15) is 73.7 Å². The largest absolute Gasteiger partial charge is 0.573 e. The van der Waals surface area contributed by atoms with Gasteiger partial charge in [-0.2, -0.15) is 21.0 Å². The molecule has 4 aromatic heterocycles. The molecule has 72 heavy (non-hydrogen) atoms. The highest BCUT2D eigenvalue weighted by Gasteiger charge is 2.37. The van der Waals surface area contributed by atoms with Crippen molar-refractivity contribution in [2.45, 2.75) is 57.9 Å². The van der Waals surface area contributed by atoms with Gasteiger partial charge in [0.2, 0.25) is 0 Å². The van der Waals surface area contributed by atoms with Crippen LogP contribution in [0.15, 0.2) is 103 Å². The SMILES string of the molecule is C1CCOC1.Cc1ccc2c(c1)oc1cc3c(cc12)oc1cc(OC(F)(F)F)ccc13.N#CCC#N.[C-]#[N+]C(C#N)c1c2oc3cc(OC(F)(F)F)ccc3c2c(C(C#N)[N+]#[C-])c2oc3cc(C)ccc3c12. The van der Waals surface area contributed by atoms with E-state index in [0.29, 0.717) is 38.5 Å². The predicted molar refractivity (Wildman–Crippen MR) is 251 cm³/mol. The van der Waals surface area contributed by atoms with Crippen LogP contribution in [0.3, 0.4) is 0 Å². The summed E-state index contributed by atoms with van der Waals surface area (Å²) in [6, 6.07) is 26.9. The molecule has 13 nitrogen and oxygen atoms in total. The molecule has 0 radical (unpaired) electrons. The smallest absolute Gasteiger partial charge is 0.456 e. The molecule has 1 saturated heterocycles. The van der Waals surface area contributed by atoms with Gasteiger partial charge in [-0.1, -0.05) is 24.3 Å². The molecule has 2 atom stereocenters. The van der Waals surface area contributed by atoms with E-state index < -0.39 is 30.6 Å². The van der Waals surface area contributed by atoms with Gasteiger partial charge in [-0.25, -0.2) is 13.1 Å². The molecule has 0 N–H and O–H groups in total. The van der Waals surface area contributed by atoms with E-state index in [1.807, 2.05) is 56.3 Å². The van der Waals surface area contributed by atoms with Crippen molar-refractivity contribution >= 4 is 87.8 Å². The van der Waals surface area contributed by atoms with Crippen molar-refractivity contribution in [1.29, 1.82) is 21.0 Å². The number of rotatable bonds is 4. The normalized spacial score (nSPS) is 13.1. The van der Waals surface area contributed by atoms with Crippen molar-refractivity contribution in [2.75, 3.05) is 13.2 Å². The molecular formula is C53H32F6N6O7. The average Bonchev–Trinajstić information content (AvgIpc) is 4.19. The van der Waals surface area contributed by atoms with Crippen molar-refractivity contribution in [3.63, 3.8) is 0 Å². The lowest BCUT2D eigenvalue weighted by Gasteiger charge is -2.08. The first kappa shape index (κ1) is 49.0. The van der Waals surface area contributed by atoms with E-state index in [1.165, 1.54) is 31.0 Å². The van der Waals surface area contributed by atoms with Crippen molar-refractivity contribution in [3.05, 3.63) is 130 Å². The Kier molecular flexibility index (Phi) is 13.6. The molecule has 0 aliphatic carbocycles. The number of hydrogen-bond donors (Lipinski definition) is 0. The fourth-order valence-electron chi connectivity index (χ4n) is 8.33. The van der Waals surface area contributed by atoms with Gasteiger partial charge in [0, 0.05) is 68.4 Å². The molecule has 1 aliphatic rings. The van der Waals surface area contributed by atoms with Crippen LogP contribution in [0.5, 0.6) is 11.5 Å². The van der Waals surface area contributed by atoms with Crippen LogP contribution in [0, 0.1) is 72.3 Å². The number of furan rings is 4. The third kappa shape index (κ3) is 9.88. The molecule has 1 aliphatic heterocycles. The van der Waals surface area contributed by atoms with Crippen LogP contribution in [0.25, 0.3) is 97.4 Å². The Bertz CT molecular complexity index is 3930. The minimum Gasteiger partial charge on any atom is -0.456 e. The van der Waals surface area contributed by atoms with E-state index in [0.717, 1.165) is 58.2 Å². The lowest BCUT2D eigenvalue weighted by atomic mass is 9.91. The fourth-order valence-corrected chi connectivity index (χ4v) is 8.33. The summed E-state index contributed by atoms with van der Waals surface area (Å²) >= 11 is 0. The number of ether oxygens (including phenoxy) is 3. The second kappa shape index (κ2) is 19.9. The van der Waals surface area contributed by atoms with E-state index in [-0.39, 0.29) is 50.8 Å². The first-order chi connectivity index (χ1) is 34.5. The maximum absolute atomic E-state index is 12.8. The quantitative estimate of drug-likeness (QED) is 0.121. The summed E-state index contributed by atoms with van der Waals surface area (Å²) in [5.74, 6) is -0.848. The van der Waals surface area contributed by atoms with E-state index in [4.69, 9.17) is 46.1 Å². The first-order valence-electron chi connectivity index (χ1n) is 21.5. The average molecular weight is 979 g/mol. The Balaban J connectivity index is 0.000000167. The van der Waals surface area contributed by atoms with Gasteiger partial charge >= 0.3 is 24.8 Å². The summed E-state index contributed by atoms with van der Waals surface area (Å²) in [5.41, 5.74) is 5.24. The second-order valence-electron chi connectivity index (χ2n) is 16.0. The number of alkyl halides is 6. The molecule has 358 valence electrons. The standard InChI is InChI=1S/C26H11F3N4O3.C20H11F3O3.C4H8O.C3H2N2/c1-12-4-6-14-18(8-12)34-24-20(14)22(16(10-30)32-2)25-21(23(24)17(11-31)33-3)15-7-5-13(9-19(15)35-25)36-26(27,28)29;1-10-2-4-12-14-8-19-15(9-18(14)24-16(12)6-10)13-5-3-11(7-17(13)25-19)26-20(21,22)23;1-2-4-5-3-1;4-2-1-3-5/h4-9,16-17H,1H3;2-9H,1H3;1-4H2;1H2. The molecule has 1 fully saturated rings. The van der Waals surface area contributed by atoms with Gasteiger partial charge in [0.05, 0.1) is 12.1 Å². The van der Waals surface area contributed by atoms with Gasteiger partial charge in [-0.05, 0) is 86.3 Å². The van der Waals surface area contributed by atoms with Gasteiger partial charge in [0.25, 0.3) is 0 Å². The molecule has 10 aromatic rings. The van der Waals surface area contributed by atoms with Crippen LogP contribution >= 0.6 is 0 Å². The number of hydrogen-bond acceptors (Lipinski definition) is 11. The molecule has 0 amide bonds. The number of halogens is 6. The molecule has 6 aromatic carbocycles. The lowest BCUT2D eigenvalue weighted by Crippen LogP contribution is -2.16. The van der Waals surface area contributed by atoms with E-state index in [2.05, 4.69) is 19.2 Å². The number of benzene rings is 6. The fraction of sp³-hybridized carbons (Fsp3) is 0.208. The van der Waals surface area contributed by atoms with E-state index in [1.54, 1.807) is 36.4 Å². The number of nitrogens with zero attached hydrogens (tertiary/aromatic N) is 6. The Morgan fingerprint density at radius 3 is 1.28 bits per heavy atom. The molecule has 5 heterocycles. The van der Waals surface area contributed by atoms with Crippen molar-refractivity contribution in [3.8, 4) is 35.8 Å². The van der Waals surface area contributed by atoms with Crippen LogP contribution in [-0.2, 0) is 4.74 Å². The minimum absolute atomic E-state index is 0. The van der Waals surface area contributed by atoms with Crippen LogP contribution in [-0.4, -0.2) is 25.9 Å². The molecule has 0 spiro atoms. The minimum atomic E-state index is -4.93. The molecule has 0 bridgehead atoms. The van der Waals surface area contributed by atoms with Gasteiger partial charge in [-0.3, -0.25) is 9.69 Å². The third-order valence-electron chi connectivity index (χ3n) is 11.2. The van der Waals surface area contributed by atoms with E-state index in [9.17, 15) is 36.9 Å². The highest BCUT2D eigenvalue weighted by atomic mass is 19.4. The molecular weight excluding hydrogens is 947 g/mol. The summed E-state index contributed by atoms with van der Waals surface area (Å²) in [7, 11) is 0. The van der Waals surface area contributed by atoms with Crippen LogP contribution in [0.1, 0.15) is 53.6 Å². The van der Waals surface area contributed by atoms with Crippen molar-refractivity contribution in [2.24, 2.45) is 0 Å². The maximum atomic E-state index is 12.8. The molecule has 0 saturated carbocycles. The Morgan fingerprint density at radius 2 is 0.903 bits per heavy atom. The van der Waals surface area contributed by atoms with Crippen molar-refractivity contribution in [1.82, 2.24) is 0 Å². The Labute approximate surface area is 402 Å². The zero-order valence-corrected chi connectivity index (χ0v) is 37.6. The number of fused-ring (bicyclic) bond motifs is 12. The van der Waals surface area contributed by atoms with Crippen molar-refractivity contribution < 1.29 is 58.2 Å². The first-order valence-corrected chi connectivity index (χ1v) is 21.5. The summed E-state index contributed by atoms with van der Waals surface area (Å²) in [6.45, 7) is 21.1. The van der Waals surface area contributed by atoms with Crippen LogP contribution in [0.2, 0.25) is 0 Å². The Hall–Kier alpha value is -9.40. The van der Waals surface area contributed by atoms with Gasteiger partial charge in [0.15, 0.2) is 12.1 Å². The monoisotopic (exact) mass is 978 g/mol. The zero-order chi connectivity index (χ0) is 51.5. The van der Waals surface area contributed by atoms with Gasteiger partial charge < -0.3 is 31.9 Å². The zero-order valence-electron chi connectivity index (χ0n) is 37.6. The maximum Gasteiger partial charge on any atom is 0.573 e. The topological polar surface area (TPSA) is 184 Å². The van der Waals surface area contributed by atoms with Gasteiger partial charge in [-0.15, -0.1) is 26.3 Å². The lowest BCUT2D eigenvalue weighted by molar-refractivity contribution is -0.275. The third-order valence-corrected chi connectivity index (χ3v) is 11.2. The summed E-state index contributed by atoms with van der Waals surface area (Å²) < 4.78 is 112. The molecule has 11 rings (SSSR count). The highest BCUT2D eigenvalue weighted by molar-refractivity contribution is 6.21.